The van der Waals surface area contributed by atoms with E-state index < -0.39 is 0 Å². The number of rotatable bonds is 4. The lowest BCUT2D eigenvalue weighted by atomic mass is 10.2. The fourth-order valence-electron chi connectivity index (χ4n) is 3.26. The van der Waals surface area contributed by atoms with Gasteiger partial charge in [0.2, 0.25) is 0 Å². The number of piperazine rings is 1. The van der Waals surface area contributed by atoms with Gasteiger partial charge in [0, 0.05) is 44.9 Å². The Labute approximate surface area is 169 Å². The van der Waals surface area contributed by atoms with Gasteiger partial charge in [-0.25, -0.2) is 0 Å². The summed E-state index contributed by atoms with van der Waals surface area (Å²) in [5, 5.41) is 4.23. The third-order valence-electron chi connectivity index (χ3n) is 4.80. The number of hydrogen-bond donors (Lipinski definition) is 1. The minimum absolute atomic E-state index is 0.0927. The molecule has 0 radical (unpaired) electrons. The van der Waals surface area contributed by atoms with Crippen molar-refractivity contribution in [1.29, 1.82) is 0 Å². The average Bonchev–Trinajstić information content (AvgIpc) is 3.23. The normalized spacial score (nSPS) is 19.7. The van der Waals surface area contributed by atoms with Crippen LogP contribution in [0.15, 0.2) is 12.1 Å². The molecule has 1 amide bonds. The fourth-order valence-corrected chi connectivity index (χ4v) is 3.78. The van der Waals surface area contributed by atoms with Crippen molar-refractivity contribution in [1.82, 2.24) is 9.80 Å². The van der Waals surface area contributed by atoms with Crippen LogP contribution in [0, 0.1) is 0 Å². The van der Waals surface area contributed by atoms with E-state index in [0.29, 0.717) is 60.1 Å². The minimum Gasteiger partial charge on any atom is -0.495 e. The molecule has 2 aliphatic heterocycles. The molecule has 1 aromatic carbocycles. The van der Waals surface area contributed by atoms with Gasteiger partial charge in [-0.15, -0.1) is 0 Å². The van der Waals surface area contributed by atoms with E-state index in [0.717, 1.165) is 12.8 Å². The maximum atomic E-state index is 12.4. The third-order valence-corrected chi connectivity index (χ3v) is 5.45. The zero-order valence-electron chi connectivity index (χ0n) is 15.5. The number of hydrogen-bond acceptors (Lipinski definition) is 5. The van der Waals surface area contributed by atoms with Gasteiger partial charge in [0.1, 0.15) is 17.6 Å². The van der Waals surface area contributed by atoms with E-state index in [2.05, 4.69) is 5.32 Å². The summed E-state index contributed by atoms with van der Waals surface area (Å²) in [5.74, 6) is 1.21. The number of carbonyl (C=O) groups excluding carboxylic acids is 1. The number of nitrogens with zero attached hydrogens (tertiary/aromatic N) is 2. The van der Waals surface area contributed by atoms with E-state index in [1.807, 2.05) is 9.80 Å². The quantitative estimate of drug-likeness (QED) is 0.760. The van der Waals surface area contributed by atoms with E-state index in [1.165, 1.54) is 0 Å². The van der Waals surface area contributed by atoms with Gasteiger partial charge in [0.15, 0.2) is 5.11 Å². The van der Waals surface area contributed by atoms with E-state index in [9.17, 15) is 4.79 Å². The van der Waals surface area contributed by atoms with Crippen LogP contribution in [0.25, 0.3) is 0 Å². The smallest absolute Gasteiger partial charge is 0.251 e. The second kappa shape index (κ2) is 8.95. The van der Waals surface area contributed by atoms with Gasteiger partial charge < -0.3 is 29.3 Å². The molecule has 0 aromatic heterocycles. The highest BCUT2D eigenvalue weighted by atomic mass is 35.5. The zero-order chi connectivity index (χ0) is 19.4. The number of benzene rings is 1. The number of anilines is 1. The largest absolute Gasteiger partial charge is 0.495 e. The summed E-state index contributed by atoms with van der Waals surface area (Å²) in [7, 11) is 3.13. The summed E-state index contributed by atoms with van der Waals surface area (Å²) in [6, 6.07) is 3.44. The van der Waals surface area contributed by atoms with Crippen molar-refractivity contribution in [2.75, 3.05) is 52.3 Å². The lowest BCUT2D eigenvalue weighted by Crippen LogP contribution is -2.53. The highest BCUT2D eigenvalue weighted by Gasteiger charge is 2.30. The molecule has 148 valence electrons. The molecule has 7 nitrogen and oxygen atoms in total. The lowest BCUT2D eigenvalue weighted by molar-refractivity contribution is -0.142. The summed E-state index contributed by atoms with van der Waals surface area (Å²) in [6.45, 7) is 3.26. The Hall–Kier alpha value is -1.77. The van der Waals surface area contributed by atoms with Crippen molar-refractivity contribution in [3.05, 3.63) is 17.2 Å². The third kappa shape index (κ3) is 4.56. The number of methoxy groups -OCH3 is 2. The molecule has 2 aliphatic rings. The Morgan fingerprint density at radius 1 is 1.19 bits per heavy atom. The molecular weight excluding hydrogens is 390 g/mol. The van der Waals surface area contributed by atoms with Crippen molar-refractivity contribution in [2.24, 2.45) is 0 Å². The number of thiocarbonyl (C=S) groups is 1. The molecule has 0 spiro atoms. The molecule has 1 N–H and O–H groups in total. The van der Waals surface area contributed by atoms with E-state index >= 15 is 0 Å². The highest BCUT2D eigenvalue weighted by Crippen LogP contribution is 2.36. The average molecular weight is 414 g/mol. The van der Waals surface area contributed by atoms with Crippen LogP contribution in [-0.2, 0) is 9.53 Å². The molecule has 1 aromatic rings. The summed E-state index contributed by atoms with van der Waals surface area (Å²) in [6.07, 6.45) is 1.50. The molecule has 27 heavy (non-hydrogen) atoms. The second-order valence-electron chi connectivity index (χ2n) is 6.43. The van der Waals surface area contributed by atoms with Gasteiger partial charge in [-0.3, -0.25) is 4.79 Å². The summed E-state index contributed by atoms with van der Waals surface area (Å²) in [5.41, 5.74) is 0.682. The van der Waals surface area contributed by atoms with Crippen LogP contribution < -0.4 is 14.8 Å². The maximum absolute atomic E-state index is 12.4. The van der Waals surface area contributed by atoms with Gasteiger partial charge in [0.25, 0.3) is 5.91 Å². The van der Waals surface area contributed by atoms with Crippen LogP contribution >= 0.6 is 23.8 Å². The lowest BCUT2D eigenvalue weighted by Gasteiger charge is -2.37. The Bertz CT molecular complexity index is 704. The van der Waals surface area contributed by atoms with Gasteiger partial charge >= 0.3 is 0 Å². The SMILES string of the molecule is COc1cc(NC(=S)N2CCN(C(=O)[C@H]3CCCO3)CC2)c(OC)cc1Cl. The predicted molar refractivity (Wildman–Crippen MR) is 108 cm³/mol. The van der Waals surface area contributed by atoms with E-state index in [1.54, 1.807) is 26.4 Å². The molecule has 2 heterocycles. The first-order valence-corrected chi connectivity index (χ1v) is 9.70. The topological polar surface area (TPSA) is 63.3 Å². The maximum Gasteiger partial charge on any atom is 0.251 e. The zero-order valence-corrected chi connectivity index (χ0v) is 17.1. The van der Waals surface area contributed by atoms with Crippen molar-refractivity contribution in [3.63, 3.8) is 0 Å². The van der Waals surface area contributed by atoms with Crippen molar-refractivity contribution in [2.45, 2.75) is 18.9 Å². The molecule has 0 saturated carbocycles. The molecule has 0 aliphatic carbocycles. The molecule has 3 rings (SSSR count). The van der Waals surface area contributed by atoms with Gasteiger partial charge in [-0.2, -0.15) is 0 Å². The second-order valence-corrected chi connectivity index (χ2v) is 7.23. The van der Waals surface area contributed by atoms with E-state index in [4.69, 9.17) is 38.0 Å². The Morgan fingerprint density at radius 3 is 2.44 bits per heavy atom. The van der Waals surface area contributed by atoms with Crippen LogP contribution in [0.5, 0.6) is 11.5 Å². The molecule has 0 unspecified atom stereocenters. The van der Waals surface area contributed by atoms with Crippen LogP contribution in [0.3, 0.4) is 0 Å². The molecule has 1 atom stereocenters. The molecule has 9 heteroatoms. The highest BCUT2D eigenvalue weighted by molar-refractivity contribution is 7.80. The Kier molecular flexibility index (Phi) is 6.62. The van der Waals surface area contributed by atoms with Gasteiger partial charge in [0.05, 0.1) is 24.9 Å². The van der Waals surface area contributed by atoms with Crippen LogP contribution in [0.1, 0.15) is 12.8 Å². The van der Waals surface area contributed by atoms with E-state index in [-0.39, 0.29) is 12.0 Å². The van der Waals surface area contributed by atoms with Crippen molar-refractivity contribution < 1.29 is 19.0 Å². The van der Waals surface area contributed by atoms with Crippen LogP contribution in [0.2, 0.25) is 5.02 Å². The summed E-state index contributed by atoms with van der Waals surface area (Å²) < 4.78 is 16.1. The standard InChI is InChI=1S/C18H24ClN3O4S/c1-24-15-11-13(16(25-2)10-12(15)19)20-18(27)22-7-5-21(6-8-22)17(23)14-4-3-9-26-14/h10-11,14H,3-9H2,1-2H3,(H,20,27)/t14-/m1/s1. The first-order chi connectivity index (χ1) is 13.0. The first-order valence-electron chi connectivity index (χ1n) is 8.91. The molecule has 2 saturated heterocycles. The number of amides is 1. The number of carbonyl (C=O) groups is 1. The number of nitrogens with one attached hydrogen (secondary N) is 1. The molecule has 2 fully saturated rings. The van der Waals surface area contributed by atoms with Crippen LogP contribution in [0.4, 0.5) is 5.69 Å². The Balaban J connectivity index is 1.59. The molecular formula is C18H24ClN3O4S. The van der Waals surface area contributed by atoms with Gasteiger partial charge in [-0.05, 0) is 25.1 Å². The number of halogens is 1. The minimum atomic E-state index is -0.271. The monoisotopic (exact) mass is 413 g/mol. The fraction of sp³-hybridized carbons (Fsp3) is 0.556. The first kappa shape index (κ1) is 20.0. The molecule has 0 bridgehead atoms. The Morgan fingerprint density at radius 2 is 1.85 bits per heavy atom. The van der Waals surface area contributed by atoms with Gasteiger partial charge in [-0.1, -0.05) is 11.6 Å². The number of ether oxygens (including phenoxy) is 3. The van der Waals surface area contributed by atoms with Crippen molar-refractivity contribution >= 4 is 40.5 Å². The van der Waals surface area contributed by atoms with Crippen molar-refractivity contribution in [3.8, 4) is 11.5 Å². The summed E-state index contributed by atoms with van der Waals surface area (Å²) in [4.78, 5) is 16.3. The van der Waals surface area contributed by atoms with Crippen LogP contribution in [-0.4, -0.2) is 73.9 Å². The summed E-state index contributed by atoms with van der Waals surface area (Å²) >= 11 is 11.7. The predicted octanol–water partition coefficient (Wildman–Crippen LogP) is 2.38.